The van der Waals surface area contributed by atoms with Gasteiger partial charge < -0.3 is 14.7 Å². The number of nitrogens with zero attached hydrogens (tertiary/aromatic N) is 6. The summed E-state index contributed by atoms with van der Waals surface area (Å²) < 4.78 is 8.39. The second kappa shape index (κ2) is 11.7. The van der Waals surface area contributed by atoms with Crippen LogP contribution in [0.3, 0.4) is 0 Å². The van der Waals surface area contributed by atoms with Crippen LogP contribution in [0, 0.1) is 23.2 Å². The second-order valence-corrected chi connectivity index (χ2v) is 17.6. The normalized spacial score (nSPS) is 27.6. The Labute approximate surface area is 306 Å². The van der Waals surface area contributed by atoms with Crippen molar-refractivity contribution in [1.82, 2.24) is 24.7 Å². The smallest absolute Gasteiger partial charge is 0.355 e. The molecule has 12 heteroatoms. The van der Waals surface area contributed by atoms with Crippen molar-refractivity contribution in [3.8, 4) is 11.1 Å². The van der Waals surface area contributed by atoms with Crippen LogP contribution >= 0.6 is 11.3 Å². The maximum atomic E-state index is 13.6. The van der Waals surface area contributed by atoms with Gasteiger partial charge in [0.2, 0.25) is 0 Å². The van der Waals surface area contributed by atoms with Crippen LogP contribution in [-0.2, 0) is 24.2 Å². The lowest BCUT2D eigenvalue weighted by Gasteiger charge is -2.69. The lowest BCUT2D eigenvalue weighted by Crippen LogP contribution is -2.64. The van der Waals surface area contributed by atoms with Crippen LogP contribution in [0.2, 0.25) is 0 Å². The van der Waals surface area contributed by atoms with E-state index in [4.69, 9.17) is 14.8 Å². The molecular formula is C40H43N7O4S. The highest BCUT2D eigenvalue weighted by Crippen LogP contribution is 2.72. The number of hydrogen-bond acceptors (Lipinski definition) is 9. The number of thiazole rings is 1. The molecule has 5 aromatic rings. The van der Waals surface area contributed by atoms with Crippen molar-refractivity contribution in [2.24, 2.45) is 16.2 Å². The van der Waals surface area contributed by atoms with E-state index in [2.05, 4.69) is 33.8 Å². The summed E-state index contributed by atoms with van der Waals surface area (Å²) in [4.78, 5) is 42.7. The monoisotopic (exact) mass is 717 g/mol. The largest absolute Gasteiger partial charge is 0.476 e. The zero-order chi connectivity index (χ0) is 36.0. The minimum Gasteiger partial charge on any atom is -0.476 e. The highest BCUT2D eigenvalue weighted by molar-refractivity contribution is 7.21. The molecule has 4 fully saturated rings. The molecule has 2 atom stereocenters. The van der Waals surface area contributed by atoms with Gasteiger partial charge in [-0.1, -0.05) is 37.3 Å². The van der Waals surface area contributed by atoms with Crippen molar-refractivity contribution in [3.63, 3.8) is 0 Å². The Morgan fingerprint density at radius 1 is 0.981 bits per heavy atom. The molecular weight excluding hydrogens is 675 g/mol. The number of aromatic carboxylic acids is 1. The number of nitrogens with one attached hydrogen (secondary N) is 1. The summed E-state index contributed by atoms with van der Waals surface area (Å²) in [7, 11) is 1.89. The Balaban J connectivity index is 0.976. The molecule has 5 heterocycles. The molecule has 4 bridgehead atoms. The van der Waals surface area contributed by atoms with Crippen LogP contribution in [0.15, 0.2) is 54.9 Å². The van der Waals surface area contributed by atoms with Crippen LogP contribution in [0.4, 0.5) is 10.9 Å². The fourth-order valence-corrected chi connectivity index (χ4v) is 12.2. The number of carbonyl (C=O) groups excluding carboxylic acids is 1. The average Bonchev–Trinajstić information content (AvgIpc) is 3.67. The van der Waals surface area contributed by atoms with Gasteiger partial charge in [-0.25, -0.2) is 19.7 Å². The number of carboxylic acids is 1. The Morgan fingerprint density at radius 3 is 2.54 bits per heavy atom. The van der Waals surface area contributed by atoms with E-state index in [1.54, 1.807) is 12.4 Å². The van der Waals surface area contributed by atoms with E-state index < -0.39 is 5.97 Å². The van der Waals surface area contributed by atoms with E-state index in [1.165, 1.54) is 17.8 Å². The summed E-state index contributed by atoms with van der Waals surface area (Å²) >= 11 is 1.33. The van der Waals surface area contributed by atoms with E-state index in [9.17, 15) is 14.7 Å². The topological polar surface area (TPSA) is 135 Å². The van der Waals surface area contributed by atoms with E-state index in [0.29, 0.717) is 41.6 Å². The molecule has 4 saturated carbocycles. The molecule has 5 aliphatic rings. The highest BCUT2D eigenvalue weighted by atomic mass is 32.1. The zero-order valence-corrected chi connectivity index (χ0v) is 30.8. The lowest BCUT2D eigenvalue weighted by atomic mass is 9.39. The van der Waals surface area contributed by atoms with E-state index in [0.717, 1.165) is 71.4 Å². The predicted molar refractivity (Wildman–Crippen MR) is 200 cm³/mol. The minimum atomic E-state index is -1.09. The first-order valence-electron chi connectivity index (χ1n) is 18.1. The van der Waals surface area contributed by atoms with E-state index in [1.807, 2.05) is 61.4 Å². The first-order valence-corrected chi connectivity index (χ1v) is 18.9. The molecule has 0 spiro atoms. The van der Waals surface area contributed by atoms with Crippen molar-refractivity contribution in [2.75, 3.05) is 23.9 Å². The third-order valence-electron chi connectivity index (χ3n) is 12.3. The van der Waals surface area contributed by atoms with Gasteiger partial charge in [0.1, 0.15) is 16.2 Å². The van der Waals surface area contributed by atoms with Gasteiger partial charge in [0.25, 0.3) is 5.91 Å². The van der Waals surface area contributed by atoms with Gasteiger partial charge in [0.15, 0.2) is 10.8 Å². The van der Waals surface area contributed by atoms with Gasteiger partial charge in [-0.3, -0.25) is 14.8 Å². The van der Waals surface area contributed by atoms with Gasteiger partial charge in [0.05, 0.1) is 11.8 Å². The molecule has 1 amide bonds. The lowest BCUT2D eigenvalue weighted by molar-refractivity contribution is -0.239. The fourth-order valence-electron chi connectivity index (χ4n) is 11.4. The van der Waals surface area contributed by atoms with Crippen LogP contribution in [0.25, 0.3) is 21.5 Å². The fraction of sp³-hybridized carbons (Fsp3) is 0.450. The SMILES string of the molecule is COC12CC3(C)CC(C)(CC(Cn4ncc(-c5ccc(N6CCc7cccc(C(=O)Nc8nc9cccnc9s8)c7C6)nc5C(=O)O)c4C)(C3)C1)C2. The standard InChI is InChI=1S/C40H43N7O4S/c1-24-28(15-42-47(24)23-39-18-37(2)17-38(3,19-39)21-40(20-37,22-39)51-4)26-10-11-31(44-32(26)35(49)50)46-14-12-25-7-5-8-27(29(25)16-46)33(48)45-36-43-30-9-6-13-41-34(30)52-36/h5-11,13,15H,12,14,16-23H2,1-4H3,(H,49,50)(H,43,45,48). The Bertz CT molecular complexity index is 2230. The number of carboxylic acid groups (broad SMARTS) is 1. The Morgan fingerprint density at radius 2 is 1.79 bits per heavy atom. The van der Waals surface area contributed by atoms with Crippen molar-refractivity contribution in [1.29, 1.82) is 0 Å². The zero-order valence-electron chi connectivity index (χ0n) is 30.0. The van der Waals surface area contributed by atoms with Crippen LogP contribution in [0.5, 0.6) is 0 Å². The molecule has 52 heavy (non-hydrogen) atoms. The molecule has 0 radical (unpaired) electrons. The summed E-state index contributed by atoms with van der Waals surface area (Å²) in [6.07, 6.45) is 11.1. The number of rotatable bonds is 8. The number of anilines is 2. The van der Waals surface area contributed by atoms with Gasteiger partial charge >= 0.3 is 5.97 Å². The molecule has 4 aliphatic carbocycles. The summed E-state index contributed by atoms with van der Waals surface area (Å²) in [5, 5.41) is 18.8. The number of fused-ring (bicyclic) bond motifs is 2. The summed E-state index contributed by atoms with van der Waals surface area (Å²) in [6.45, 7) is 8.78. The van der Waals surface area contributed by atoms with Crippen molar-refractivity contribution >= 4 is 44.5 Å². The third-order valence-corrected chi connectivity index (χ3v) is 13.2. The van der Waals surface area contributed by atoms with Crippen LogP contribution in [0.1, 0.15) is 90.0 Å². The summed E-state index contributed by atoms with van der Waals surface area (Å²) in [5.74, 6) is -0.770. The van der Waals surface area contributed by atoms with Gasteiger partial charge in [-0.2, -0.15) is 5.10 Å². The number of benzene rings is 1. The predicted octanol–water partition coefficient (Wildman–Crippen LogP) is 7.54. The maximum Gasteiger partial charge on any atom is 0.355 e. The Kier molecular flexibility index (Phi) is 7.44. The van der Waals surface area contributed by atoms with Gasteiger partial charge in [0, 0.05) is 55.3 Å². The summed E-state index contributed by atoms with van der Waals surface area (Å²) in [5.41, 5.74) is 6.09. The number of methoxy groups -OCH3 is 1. The van der Waals surface area contributed by atoms with Crippen LogP contribution in [-0.4, -0.2) is 61.0 Å². The molecule has 1 aliphatic heterocycles. The number of amides is 1. The average molecular weight is 718 g/mol. The molecule has 2 unspecified atom stereocenters. The summed E-state index contributed by atoms with van der Waals surface area (Å²) in [6, 6.07) is 13.2. The quantitative estimate of drug-likeness (QED) is 0.167. The first-order chi connectivity index (χ1) is 24.9. The number of carbonyl (C=O) groups is 2. The molecule has 0 saturated heterocycles. The molecule has 4 aromatic heterocycles. The minimum absolute atomic E-state index is 0.00502. The van der Waals surface area contributed by atoms with E-state index in [-0.39, 0.29) is 33.4 Å². The molecule has 10 rings (SSSR count). The molecule has 11 nitrogen and oxygen atoms in total. The number of pyridine rings is 2. The maximum absolute atomic E-state index is 13.6. The molecule has 1 aromatic carbocycles. The molecule has 2 N–H and O–H groups in total. The second-order valence-electron chi connectivity index (χ2n) is 16.7. The molecule has 268 valence electrons. The van der Waals surface area contributed by atoms with E-state index >= 15 is 0 Å². The third kappa shape index (κ3) is 5.49. The van der Waals surface area contributed by atoms with Crippen molar-refractivity contribution in [2.45, 2.75) is 84.4 Å². The number of hydrogen-bond donors (Lipinski definition) is 2. The van der Waals surface area contributed by atoms with Gasteiger partial charge in [-0.15, -0.1) is 0 Å². The first kappa shape index (κ1) is 33.2. The van der Waals surface area contributed by atoms with Crippen molar-refractivity contribution < 1.29 is 19.4 Å². The number of aromatic nitrogens is 5. The van der Waals surface area contributed by atoms with Crippen LogP contribution < -0.4 is 10.2 Å². The van der Waals surface area contributed by atoms with Crippen molar-refractivity contribution in [3.05, 3.63) is 82.9 Å². The number of ether oxygens (including phenoxy) is 1. The van der Waals surface area contributed by atoms with Gasteiger partial charge in [-0.05, 0) is 110 Å². The highest BCUT2D eigenvalue weighted by Gasteiger charge is 2.66. The Hall–Kier alpha value is -4.68.